The minimum atomic E-state index is -0.0521. The highest BCUT2D eigenvalue weighted by atomic mass is 35.5. The Bertz CT molecular complexity index is 433. The van der Waals surface area contributed by atoms with Crippen molar-refractivity contribution in [1.82, 2.24) is 14.8 Å². The summed E-state index contributed by atoms with van der Waals surface area (Å²) < 4.78 is 0. The zero-order valence-corrected chi connectivity index (χ0v) is 12.8. The summed E-state index contributed by atoms with van der Waals surface area (Å²) >= 11 is 11.7. The number of halogens is 2. The number of nitrogens with zero attached hydrogens (tertiary/aromatic N) is 2. The van der Waals surface area contributed by atoms with Gasteiger partial charge in [0, 0.05) is 26.2 Å². The molecule has 1 aromatic rings. The van der Waals surface area contributed by atoms with Gasteiger partial charge in [0.2, 0.25) is 0 Å². The van der Waals surface area contributed by atoms with E-state index in [1.165, 1.54) is 0 Å². The van der Waals surface area contributed by atoms with E-state index >= 15 is 0 Å². The van der Waals surface area contributed by atoms with Crippen molar-refractivity contribution in [1.29, 1.82) is 0 Å². The normalized spacial score (nSPS) is 17.7. The van der Waals surface area contributed by atoms with Crippen LogP contribution in [0.4, 0.5) is 0 Å². The summed E-state index contributed by atoms with van der Waals surface area (Å²) in [5.41, 5.74) is 0.454. The predicted octanol–water partition coefficient (Wildman–Crippen LogP) is 2.88. The molecule has 1 aliphatic rings. The van der Waals surface area contributed by atoms with Gasteiger partial charge in [0.25, 0.3) is 5.91 Å². The molecule has 0 radical (unpaired) electrons. The number of likely N-dealkylation sites (tertiary alicyclic amines) is 1. The lowest BCUT2D eigenvalue weighted by molar-refractivity contribution is 0.0642. The maximum Gasteiger partial charge on any atom is 0.270 e. The molecule has 106 valence electrons. The Kier molecular flexibility index (Phi) is 4.76. The lowest BCUT2D eigenvalue weighted by Gasteiger charge is -2.36. The number of hydrogen-bond donors (Lipinski definition) is 1. The lowest BCUT2D eigenvalue weighted by atomic mass is 10.0. The second-order valence-corrected chi connectivity index (χ2v) is 5.71. The number of rotatable bonds is 3. The van der Waals surface area contributed by atoms with Gasteiger partial charge in [-0.05, 0) is 25.5 Å². The van der Waals surface area contributed by atoms with Crippen molar-refractivity contribution in [3.05, 3.63) is 21.9 Å². The minimum Gasteiger partial charge on any atom is -0.340 e. The Labute approximate surface area is 123 Å². The highest BCUT2D eigenvalue weighted by molar-refractivity contribution is 6.41. The molecule has 0 aliphatic carbocycles. The molecular weight excluding hydrogens is 285 g/mol. The quantitative estimate of drug-likeness (QED) is 0.932. The zero-order chi connectivity index (χ0) is 14.0. The Morgan fingerprint density at radius 1 is 1.47 bits per heavy atom. The summed E-state index contributed by atoms with van der Waals surface area (Å²) in [5.74, 6) is -0.0521. The van der Waals surface area contributed by atoms with E-state index in [0.717, 1.165) is 32.5 Å². The van der Waals surface area contributed by atoms with Gasteiger partial charge in [-0.15, -0.1) is 0 Å². The molecule has 1 N–H and O–H groups in total. The zero-order valence-electron chi connectivity index (χ0n) is 11.2. The smallest absolute Gasteiger partial charge is 0.270 e. The van der Waals surface area contributed by atoms with E-state index in [1.54, 1.807) is 11.0 Å². The van der Waals surface area contributed by atoms with Crippen LogP contribution in [0.15, 0.2) is 6.07 Å². The second kappa shape index (κ2) is 6.16. The first-order valence-electron chi connectivity index (χ1n) is 6.56. The molecule has 0 saturated carbocycles. The van der Waals surface area contributed by atoms with Crippen LogP contribution in [0.25, 0.3) is 0 Å². The molecule has 6 heteroatoms. The van der Waals surface area contributed by atoms with Gasteiger partial charge in [0.15, 0.2) is 0 Å². The van der Waals surface area contributed by atoms with Crippen LogP contribution < -0.4 is 0 Å². The maximum atomic E-state index is 12.3. The Hall–Kier alpha value is -0.710. The van der Waals surface area contributed by atoms with Gasteiger partial charge in [-0.1, -0.05) is 30.1 Å². The van der Waals surface area contributed by atoms with E-state index < -0.39 is 0 Å². The number of aromatic amines is 1. The number of H-pyrrole nitrogens is 1. The highest BCUT2D eigenvalue weighted by Crippen LogP contribution is 2.24. The van der Waals surface area contributed by atoms with E-state index in [9.17, 15) is 4.79 Å². The standard InChI is InChI=1S/C13H19Cl2N3O/c1-3-18-6-4-9(5-7-18)17(2)13(19)11-8-10(14)12(15)16-11/h8-9,16H,3-7H2,1-2H3. The van der Waals surface area contributed by atoms with Crippen LogP contribution in [0.5, 0.6) is 0 Å². The number of piperidine rings is 1. The fourth-order valence-corrected chi connectivity index (χ4v) is 2.81. The number of carbonyl (C=O) groups excluding carboxylic acids is 1. The summed E-state index contributed by atoms with van der Waals surface area (Å²) in [5, 5.41) is 0.707. The predicted molar refractivity (Wildman–Crippen MR) is 78.0 cm³/mol. The number of aromatic nitrogens is 1. The summed E-state index contributed by atoms with van der Waals surface area (Å²) in [6.07, 6.45) is 2.02. The largest absolute Gasteiger partial charge is 0.340 e. The topological polar surface area (TPSA) is 39.3 Å². The maximum absolute atomic E-state index is 12.3. The Morgan fingerprint density at radius 2 is 2.11 bits per heavy atom. The average molecular weight is 304 g/mol. The van der Waals surface area contributed by atoms with Crippen molar-refractivity contribution in [3.8, 4) is 0 Å². The van der Waals surface area contributed by atoms with Crippen LogP contribution in [0.2, 0.25) is 10.2 Å². The first-order chi connectivity index (χ1) is 9.02. The van der Waals surface area contributed by atoms with Gasteiger partial charge in [0.05, 0.1) is 5.02 Å². The van der Waals surface area contributed by atoms with Crippen LogP contribution in [0.3, 0.4) is 0 Å². The third-order valence-corrected chi connectivity index (χ3v) is 4.52. The van der Waals surface area contributed by atoms with Gasteiger partial charge in [-0.25, -0.2) is 0 Å². The van der Waals surface area contributed by atoms with Crippen LogP contribution >= 0.6 is 23.2 Å². The summed E-state index contributed by atoms with van der Waals surface area (Å²) in [7, 11) is 1.84. The molecule has 1 saturated heterocycles. The molecule has 0 atom stereocenters. The fourth-order valence-electron chi connectivity index (χ4n) is 2.50. The third-order valence-electron chi connectivity index (χ3n) is 3.83. The van der Waals surface area contributed by atoms with Crippen LogP contribution in [0.1, 0.15) is 30.3 Å². The first kappa shape index (κ1) is 14.7. The van der Waals surface area contributed by atoms with Gasteiger partial charge >= 0.3 is 0 Å². The van der Waals surface area contributed by atoms with Crippen molar-refractivity contribution in [2.75, 3.05) is 26.7 Å². The lowest BCUT2D eigenvalue weighted by Crippen LogP contribution is -2.45. The fraction of sp³-hybridized carbons (Fsp3) is 0.615. The molecule has 4 nitrogen and oxygen atoms in total. The molecule has 0 bridgehead atoms. The molecule has 19 heavy (non-hydrogen) atoms. The molecule has 2 heterocycles. The number of carbonyl (C=O) groups is 1. The van der Waals surface area contributed by atoms with Crippen molar-refractivity contribution in [3.63, 3.8) is 0 Å². The number of nitrogens with one attached hydrogen (secondary N) is 1. The first-order valence-corrected chi connectivity index (χ1v) is 7.32. The number of hydrogen-bond acceptors (Lipinski definition) is 2. The van der Waals surface area contributed by atoms with Gasteiger partial charge < -0.3 is 14.8 Å². The van der Waals surface area contributed by atoms with Crippen LogP contribution in [-0.4, -0.2) is 53.4 Å². The molecule has 1 fully saturated rings. The van der Waals surface area contributed by atoms with Crippen molar-refractivity contribution in [2.24, 2.45) is 0 Å². The highest BCUT2D eigenvalue weighted by Gasteiger charge is 2.26. The monoisotopic (exact) mass is 303 g/mol. The van der Waals surface area contributed by atoms with Crippen molar-refractivity contribution >= 4 is 29.1 Å². The molecule has 2 rings (SSSR count). The Balaban J connectivity index is 2.00. The summed E-state index contributed by atoms with van der Waals surface area (Å²) in [6.45, 7) is 5.33. The molecule has 0 aromatic carbocycles. The third kappa shape index (κ3) is 3.25. The summed E-state index contributed by atoms with van der Waals surface area (Å²) in [4.78, 5) is 19.3. The molecular formula is C13H19Cl2N3O. The van der Waals surface area contributed by atoms with Gasteiger partial charge in [-0.2, -0.15) is 0 Å². The van der Waals surface area contributed by atoms with Crippen LogP contribution in [0, 0.1) is 0 Å². The average Bonchev–Trinajstić information content (AvgIpc) is 2.77. The minimum absolute atomic E-state index is 0.0521. The van der Waals surface area contributed by atoms with Gasteiger partial charge in [0.1, 0.15) is 10.8 Å². The van der Waals surface area contributed by atoms with Crippen molar-refractivity contribution < 1.29 is 4.79 Å². The molecule has 0 unspecified atom stereocenters. The SMILES string of the molecule is CCN1CCC(N(C)C(=O)c2cc(Cl)c(Cl)[nH]2)CC1. The molecule has 0 spiro atoms. The Morgan fingerprint density at radius 3 is 2.58 bits per heavy atom. The van der Waals surface area contributed by atoms with Crippen LogP contribution in [-0.2, 0) is 0 Å². The van der Waals surface area contributed by atoms with E-state index in [4.69, 9.17) is 23.2 Å². The second-order valence-electron chi connectivity index (χ2n) is 4.93. The van der Waals surface area contributed by atoms with Crippen molar-refractivity contribution in [2.45, 2.75) is 25.8 Å². The van der Waals surface area contributed by atoms with E-state index in [-0.39, 0.29) is 11.9 Å². The molecule has 1 aliphatic heterocycles. The van der Waals surface area contributed by atoms with E-state index in [2.05, 4.69) is 16.8 Å². The van der Waals surface area contributed by atoms with E-state index in [1.807, 2.05) is 7.05 Å². The van der Waals surface area contributed by atoms with E-state index in [0.29, 0.717) is 15.9 Å². The van der Waals surface area contributed by atoms with Gasteiger partial charge in [-0.3, -0.25) is 4.79 Å². The molecule has 1 amide bonds. The number of amides is 1. The summed E-state index contributed by atoms with van der Waals surface area (Å²) in [6, 6.07) is 1.88. The molecule has 1 aromatic heterocycles.